The number of amides is 3. The molecule has 2 aromatic carbocycles. The van der Waals surface area contributed by atoms with E-state index in [-0.39, 0.29) is 36.0 Å². The van der Waals surface area contributed by atoms with Gasteiger partial charge in [0.15, 0.2) is 0 Å². The highest BCUT2D eigenvalue weighted by Crippen LogP contribution is 2.50. The molecule has 3 fully saturated rings. The molecule has 2 aliphatic heterocycles. The van der Waals surface area contributed by atoms with Crippen molar-refractivity contribution in [3.63, 3.8) is 0 Å². The summed E-state index contributed by atoms with van der Waals surface area (Å²) in [7, 11) is 1.32. The second-order valence-electron chi connectivity index (χ2n) is 16.7. The summed E-state index contributed by atoms with van der Waals surface area (Å²) in [6.45, 7) is 10.2. The molecule has 12 heteroatoms. The van der Waals surface area contributed by atoms with E-state index in [9.17, 15) is 14.4 Å². The number of methoxy groups -OCH3 is 1. The molecule has 4 aliphatic rings. The van der Waals surface area contributed by atoms with Crippen LogP contribution in [0, 0.1) is 11.8 Å². The SMILES string of the molecule is COC(=O)N[C@H](C(=O)N1C2CCC(C2)[C@H]1c1ncc(-c2ccc3c(c2)CCc2cc(-c4cnc(C5CCCN5C(=O)OC(C)(C)C)[nH]4)ccc2-3)[nH]1)C(C)C. The molecule has 2 bridgehead atoms. The number of likely N-dealkylation sites (tertiary alicyclic amines) is 2. The molecule has 4 heterocycles. The first-order valence-corrected chi connectivity index (χ1v) is 19.4. The Morgan fingerprint density at radius 3 is 2.13 bits per heavy atom. The van der Waals surface area contributed by atoms with Gasteiger partial charge in [0.1, 0.15) is 23.3 Å². The standard InChI is InChI=1S/C42H51N7O5/c1-23(2)35(47-40(51)53-6)39(50)49-29-14-11-28(20-29)36(49)38-44-22-33(46-38)27-13-16-31-25(19-27)10-9-24-18-26(12-15-30(24)31)32-21-43-37(45-32)34-8-7-17-48(34)41(52)54-42(3,4)5/h12-13,15-16,18-19,21-23,28-29,34-36H,7-11,14,17,20H2,1-6H3,(H,43,45)(H,44,46)(H,47,51)/t28?,29?,34?,35-,36-/m0/s1. The van der Waals surface area contributed by atoms with Crippen LogP contribution in [-0.4, -0.2) is 79.2 Å². The van der Waals surface area contributed by atoms with Gasteiger partial charge >= 0.3 is 12.2 Å². The molecule has 3 amide bonds. The van der Waals surface area contributed by atoms with Crippen LogP contribution in [-0.2, 0) is 27.1 Å². The quantitative estimate of drug-likeness (QED) is 0.176. The van der Waals surface area contributed by atoms with Crippen LogP contribution in [0.3, 0.4) is 0 Å². The fourth-order valence-corrected chi connectivity index (χ4v) is 9.12. The molecule has 284 valence electrons. The maximum absolute atomic E-state index is 14.0. The molecule has 0 spiro atoms. The van der Waals surface area contributed by atoms with E-state index in [1.807, 2.05) is 51.9 Å². The molecule has 2 aliphatic carbocycles. The average molecular weight is 734 g/mol. The number of fused-ring (bicyclic) bond motifs is 5. The number of rotatable bonds is 7. The minimum Gasteiger partial charge on any atom is -0.453 e. The number of aryl methyl sites for hydroxylation is 2. The number of aromatic amines is 2. The van der Waals surface area contributed by atoms with Crippen molar-refractivity contribution in [3.05, 3.63) is 71.6 Å². The van der Waals surface area contributed by atoms with E-state index in [0.717, 1.165) is 79.1 Å². The van der Waals surface area contributed by atoms with Gasteiger partial charge in [-0.25, -0.2) is 19.6 Å². The van der Waals surface area contributed by atoms with Crippen molar-refractivity contribution in [2.45, 2.75) is 109 Å². The van der Waals surface area contributed by atoms with Gasteiger partial charge in [-0.2, -0.15) is 0 Å². The van der Waals surface area contributed by atoms with Gasteiger partial charge in [-0.1, -0.05) is 38.1 Å². The summed E-state index contributed by atoms with van der Waals surface area (Å²) in [5.74, 6) is 1.76. The first-order valence-electron chi connectivity index (χ1n) is 19.4. The number of nitrogens with zero attached hydrogens (tertiary/aromatic N) is 4. The summed E-state index contributed by atoms with van der Waals surface area (Å²) >= 11 is 0. The van der Waals surface area contributed by atoms with E-state index >= 15 is 0 Å². The van der Waals surface area contributed by atoms with Crippen molar-refractivity contribution in [1.82, 2.24) is 35.1 Å². The van der Waals surface area contributed by atoms with Crippen molar-refractivity contribution < 1.29 is 23.9 Å². The van der Waals surface area contributed by atoms with Crippen LogP contribution in [0.15, 0.2) is 48.8 Å². The van der Waals surface area contributed by atoms with E-state index in [0.29, 0.717) is 12.5 Å². The van der Waals surface area contributed by atoms with E-state index in [4.69, 9.17) is 19.4 Å². The monoisotopic (exact) mass is 733 g/mol. The highest BCUT2D eigenvalue weighted by atomic mass is 16.6. The van der Waals surface area contributed by atoms with Gasteiger partial charge in [0.25, 0.3) is 0 Å². The molecule has 5 atom stereocenters. The minimum atomic E-state index is -0.668. The molecular weight excluding hydrogens is 683 g/mol. The van der Waals surface area contributed by atoms with Gasteiger partial charge in [0.05, 0.1) is 43.0 Å². The Hall–Kier alpha value is -5.13. The molecule has 54 heavy (non-hydrogen) atoms. The van der Waals surface area contributed by atoms with Crippen molar-refractivity contribution in [2.24, 2.45) is 11.8 Å². The lowest BCUT2D eigenvalue weighted by Gasteiger charge is -2.37. The van der Waals surface area contributed by atoms with Crippen molar-refractivity contribution in [1.29, 1.82) is 0 Å². The molecule has 4 aromatic rings. The van der Waals surface area contributed by atoms with Crippen LogP contribution in [0.25, 0.3) is 33.6 Å². The third-order valence-electron chi connectivity index (χ3n) is 11.7. The number of ether oxygens (including phenoxy) is 2. The second kappa shape index (κ2) is 13.9. The molecule has 2 aromatic heterocycles. The van der Waals surface area contributed by atoms with Crippen LogP contribution in [0.5, 0.6) is 0 Å². The van der Waals surface area contributed by atoms with E-state index in [1.165, 1.54) is 29.4 Å². The summed E-state index contributed by atoms with van der Waals surface area (Å²) in [5.41, 5.74) is 8.53. The van der Waals surface area contributed by atoms with Crippen LogP contribution in [0.4, 0.5) is 9.59 Å². The van der Waals surface area contributed by atoms with Crippen molar-refractivity contribution in [3.8, 4) is 33.6 Å². The fraction of sp³-hybridized carbons (Fsp3) is 0.500. The minimum absolute atomic E-state index is 0.0761. The predicted molar refractivity (Wildman–Crippen MR) is 204 cm³/mol. The van der Waals surface area contributed by atoms with Crippen molar-refractivity contribution >= 4 is 18.1 Å². The topological polar surface area (TPSA) is 146 Å². The number of aromatic nitrogens is 4. The first kappa shape index (κ1) is 35.9. The Morgan fingerprint density at radius 2 is 1.52 bits per heavy atom. The summed E-state index contributed by atoms with van der Waals surface area (Å²) < 4.78 is 10.5. The molecule has 8 rings (SSSR count). The van der Waals surface area contributed by atoms with Crippen LogP contribution >= 0.6 is 0 Å². The number of nitrogens with one attached hydrogen (secondary N) is 3. The third kappa shape index (κ3) is 6.64. The Morgan fingerprint density at radius 1 is 0.889 bits per heavy atom. The zero-order valence-corrected chi connectivity index (χ0v) is 32.1. The summed E-state index contributed by atoms with van der Waals surface area (Å²) in [4.78, 5) is 59.4. The van der Waals surface area contributed by atoms with Crippen LogP contribution < -0.4 is 5.32 Å². The number of H-pyrrole nitrogens is 2. The number of piperidine rings is 1. The second-order valence-corrected chi connectivity index (χ2v) is 16.7. The smallest absolute Gasteiger partial charge is 0.410 e. The molecular formula is C42H51N7O5. The van der Waals surface area contributed by atoms with E-state index in [2.05, 4.69) is 51.7 Å². The molecule has 3 N–H and O–H groups in total. The Labute approximate surface area is 316 Å². The lowest BCUT2D eigenvalue weighted by Crippen LogP contribution is -2.54. The number of carbonyl (C=O) groups excluding carboxylic acids is 3. The maximum atomic E-state index is 14.0. The molecule has 0 radical (unpaired) electrons. The van der Waals surface area contributed by atoms with Gasteiger partial charge in [-0.05, 0) is 123 Å². The highest BCUT2D eigenvalue weighted by molar-refractivity contribution is 5.87. The van der Waals surface area contributed by atoms with Gasteiger partial charge in [0.2, 0.25) is 5.91 Å². The molecule has 1 saturated carbocycles. The van der Waals surface area contributed by atoms with Crippen molar-refractivity contribution in [2.75, 3.05) is 13.7 Å². The number of hydrogen-bond acceptors (Lipinski definition) is 7. The fourth-order valence-electron chi connectivity index (χ4n) is 9.12. The van der Waals surface area contributed by atoms with E-state index in [1.54, 1.807) is 4.90 Å². The Balaban J connectivity index is 0.993. The van der Waals surface area contributed by atoms with Gasteiger partial charge < -0.3 is 29.7 Å². The Bertz CT molecular complexity index is 2080. The summed E-state index contributed by atoms with van der Waals surface area (Å²) in [5, 5.41) is 2.77. The predicted octanol–water partition coefficient (Wildman–Crippen LogP) is 7.74. The lowest BCUT2D eigenvalue weighted by atomic mass is 9.83. The number of benzene rings is 2. The molecule has 12 nitrogen and oxygen atoms in total. The number of alkyl carbamates (subject to hydrolysis) is 1. The van der Waals surface area contributed by atoms with E-state index < -0.39 is 17.7 Å². The van der Waals surface area contributed by atoms with Gasteiger partial charge in [0, 0.05) is 12.6 Å². The lowest BCUT2D eigenvalue weighted by molar-refractivity contribution is -0.139. The van der Waals surface area contributed by atoms with Crippen LogP contribution in [0.1, 0.15) is 102 Å². The van der Waals surface area contributed by atoms with Gasteiger partial charge in [-0.15, -0.1) is 0 Å². The first-order chi connectivity index (χ1) is 25.9. The normalized spacial score (nSPS) is 22.3. The third-order valence-corrected chi connectivity index (χ3v) is 11.7. The zero-order chi connectivity index (χ0) is 37.9. The average Bonchev–Trinajstić information content (AvgIpc) is 4.00. The highest BCUT2D eigenvalue weighted by Gasteiger charge is 2.51. The number of imidazole rings is 2. The largest absolute Gasteiger partial charge is 0.453 e. The number of hydrogen-bond donors (Lipinski definition) is 3. The Kier molecular flexibility index (Phi) is 9.26. The summed E-state index contributed by atoms with van der Waals surface area (Å²) in [6, 6.07) is 12.4. The molecule has 3 unspecified atom stereocenters. The number of carbonyl (C=O) groups is 3. The maximum Gasteiger partial charge on any atom is 0.410 e. The molecule has 2 saturated heterocycles. The van der Waals surface area contributed by atoms with Crippen LogP contribution in [0.2, 0.25) is 0 Å². The van der Waals surface area contributed by atoms with Gasteiger partial charge in [-0.3, -0.25) is 9.69 Å². The zero-order valence-electron chi connectivity index (χ0n) is 32.1. The summed E-state index contributed by atoms with van der Waals surface area (Å²) in [6.07, 6.45) is 9.44.